The normalized spacial score (nSPS) is 14.5. The second-order valence-corrected chi connectivity index (χ2v) is 6.33. The zero-order valence-electron chi connectivity index (χ0n) is 14.0. The minimum Gasteiger partial charge on any atom is -0.333 e. The third-order valence-corrected chi connectivity index (χ3v) is 4.18. The average molecular weight is 345 g/mol. The van der Waals surface area contributed by atoms with Crippen molar-refractivity contribution >= 4 is 18.3 Å². The molecule has 1 saturated carbocycles. The van der Waals surface area contributed by atoms with Gasteiger partial charge in [-0.05, 0) is 30.9 Å². The molecule has 2 aromatic carbocycles. The Morgan fingerprint density at radius 2 is 1.46 bits per heavy atom. The predicted octanol–water partition coefficient (Wildman–Crippen LogP) is 3.78. The van der Waals surface area contributed by atoms with Crippen molar-refractivity contribution in [2.75, 3.05) is 0 Å². The summed E-state index contributed by atoms with van der Waals surface area (Å²) in [6.07, 6.45) is 2.38. The maximum absolute atomic E-state index is 12.9. The highest BCUT2D eigenvalue weighted by Gasteiger charge is 2.28. The van der Waals surface area contributed by atoms with Crippen molar-refractivity contribution in [3.05, 3.63) is 71.8 Å². The second kappa shape index (κ2) is 8.86. The number of hydrogen-bond acceptors (Lipinski definition) is 2. The summed E-state index contributed by atoms with van der Waals surface area (Å²) in [7, 11) is 0. The van der Waals surface area contributed by atoms with Crippen LogP contribution in [0, 0.1) is 0 Å². The van der Waals surface area contributed by atoms with Crippen molar-refractivity contribution in [1.82, 2.24) is 10.2 Å². The molecule has 1 fully saturated rings. The molecule has 0 saturated heterocycles. The van der Waals surface area contributed by atoms with Crippen LogP contribution in [-0.4, -0.2) is 22.9 Å². The van der Waals surface area contributed by atoms with Gasteiger partial charge in [-0.1, -0.05) is 60.7 Å². The zero-order valence-corrected chi connectivity index (χ0v) is 14.8. The van der Waals surface area contributed by atoms with E-state index in [-0.39, 0.29) is 24.4 Å². The van der Waals surface area contributed by atoms with E-state index in [9.17, 15) is 4.79 Å². The summed E-state index contributed by atoms with van der Waals surface area (Å²) in [5.41, 5.74) is 2.32. The molecule has 0 aromatic heterocycles. The van der Waals surface area contributed by atoms with E-state index in [4.69, 9.17) is 0 Å². The van der Waals surface area contributed by atoms with Gasteiger partial charge in [-0.2, -0.15) is 0 Å². The van der Waals surface area contributed by atoms with Crippen LogP contribution in [0.5, 0.6) is 0 Å². The summed E-state index contributed by atoms with van der Waals surface area (Å²) < 4.78 is 0. The lowest BCUT2D eigenvalue weighted by molar-refractivity contribution is -0.134. The maximum Gasteiger partial charge on any atom is 0.240 e. The van der Waals surface area contributed by atoms with E-state index in [0.29, 0.717) is 19.1 Å². The molecule has 1 aliphatic carbocycles. The quantitative estimate of drug-likeness (QED) is 0.829. The van der Waals surface area contributed by atoms with E-state index < -0.39 is 0 Å². The molecule has 0 radical (unpaired) electrons. The van der Waals surface area contributed by atoms with Crippen LogP contribution in [0.4, 0.5) is 0 Å². The van der Waals surface area contributed by atoms with Crippen molar-refractivity contribution in [1.29, 1.82) is 0 Å². The molecule has 1 atom stereocenters. The Morgan fingerprint density at radius 3 is 1.88 bits per heavy atom. The molecule has 0 bridgehead atoms. The lowest BCUT2D eigenvalue weighted by Gasteiger charge is -2.26. The number of amides is 1. The highest BCUT2D eigenvalue weighted by atomic mass is 35.5. The number of benzene rings is 2. The van der Waals surface area contributed by atoms with Crippen LogP contribution in [0.2, 0.25) is 0 Å². The first-order valence-corrected chi connectivity index (χ1v) is 8.35. The summed E-state index contributed by atoms with van der Waals surface area (Å²) in [5, 5.41) is 3.41. The summed E-state index contributed by atoms with van der Waals surface area (Å²) in [6.45, 7) is 3.26. The summed E-state index contributed by atoms with van der Waals surface area (Å²) in [5.74, 6) is 0.171. The van der Waals surface area contributed by atoms with Crippen molar-refractivity contribution < 1.29 is 4.79 Å². The van der Waals surface area contributed by atoms with Gasteiger partial charge in [0.15, 0.2) is 0 Å². The average Bonchev–Trinajstić information content (AvgIpc) is 3.39. The molecule has 3 nitrogen and oxygen atoms in total. The van der Waals surface area contributed by atoms with E-state index in [1.165, 1.54) is 12.8 Å². The van der Waals surface area contributed by atoms with Crippen molar-refractivity contribution in [2.45, 2.75) is 44.9 Å². The number of carbonyl (C=O) groups is 1. The van der Waals surface area contributed by atoms with Gasteiger partial charge >= 0.3 is 0 Å². The Bertz CT molecular complexity index is 587. The van der Waals surface area contributed by atoms with Gasteiger partial charge in [-0.3, -0.25) is 4.79 Å². The van der Waals surface area contributed by atoms with Gasteiger partial charge in [0.2, 0.25) is 5.91 Å². The smallest absolute Gasteiger partial charge is 0.240 e. The van der Waals surface area contributed by atoms with E-state index in [0.717, 1.165) is 11.1 Å². The van der Waals surface area contributed by atoms with E-state index in [1.54, 1.807) is 0 Å². The molecule has 24 heavy (non-hydrogen) atoms. The molecule has 0 spiro atoms. The molecule has 0 heterocycles. The zero-order chi connectivity index (χ0) is 16.1. The lowest BCUT2D eigenvalue weighted by atomic mass is 10.1. The molecule has 1 unspecified atom stereocenters. The van der Waals surface area contributed by atoms with Crippen LogP contribution in [0.3, 0.4) is 0 Å². The molecule has 3 rings (SSSR count). The number of nitrogens with zero attached hydrogens (tertiary/aromatic N) is 1. The van der Waals surface area contributed by atoms with Gasteiger partial charge in [0.05, 0.1) is 6.04 Å². The van der Waals surface area contributed by atoms with Crippen molar-refractivity contribution in [3.8, 4) is 0 Å². The first kappa shape index (κ1) is 18.5. The van der Waals surface area contributed by atoms with Gasteiger partial charge in [0.25, 0.3) is 0 Å². The van der Waals surface area contributed by atoms with Gasteiger partial charge < -0.3 is 10.2 Å². The first-order valence-electron chi connectivity index (χ1n) is 8.35. The van der Waals surface area contributed by atoms with E-state index in [1.807, 2.05) is 48.2 Å². The van der Waals surface area contributed by atoms with Crippen LogP contribution in [0.25, 0.3) is 0 Å². The predicted molar refractivity (Wildman–Crippen MR) is 100 cm³/mol. The van der Waals surface area contributed by atoms with Gasteiger partial charge in [0, 0.05) is 19.1 Å². The summed E-state index contributed by atoms with van der Waals surface area (Å²) >= 11 is 0. The van der Waals surface area contributed by atoms with Crippen LogP contribution in [-0.2, 0) is 17.9 Å². The fourth-order valence-corrected chi connectivity index (χ4v) is 2.77. The minimum absolute atomic E-state index is 0. The van der Waals surface area contributed by atoms with Crippen LogP contribution < -0.4 is 5.32 Å². The standard InChI is InChI=1S/C20H24N2O.ClH/c1-16(21-19-12-13-19)20(23)22(14-17-8-4-2-5-9-17)15-18-10-6-3-7-11-18;/h2-11,16,19,21H,12-15H2,1H3;1H. The van der Waals surface area contributed by atoms with E-state index in [2.05, 4.69) is 29.6 Å². The Morgan fingerprint density at radius 1 is 1.00 bits per heavy atom. The molecule has 0 aliphatic heterocycles. The Balaban J connectivity index is 0.00000208. The molecular weight excluding hydrogens is 320 g/mol. The van der Waals surface area contributed by atoms with Gasteiger partial charge in [-0.15, -0.1) is 12.4 Å². The summed E-state index contributed by atoms with van der Waals surface area (Å²) in [6, 6.07) is 20.8. The van der Waals surface area contributed by atoms with Gasteiger partial charge in [0.1, 0.15) is 0 Å². The van der Waals surface area contributed by atoms with Crippen LogP contribution >= 0.6 is 12.4 Å². The monoisotopic (exact) mass is 344 g/mol. The largest absolute Gasteiger partial charge is 0.333 e. The molecule has 128 valence electrons. The van der Waals surface area contributed by atoms with Crippen molar-refractivity contribution in [3.63, 3.8) is 0 Å². The highest BCUT2D eigenvalue weighted by molar-refractivity contribution is 5.85. The van der Waals surface area contributed by atoms with Crippen molar-refractivity contribution in [2.24, 2.45) is 0 Å². The molecule has 2 aromatic rings. The molecule has 1 N–H and O–H groups in total. The lowest BCUT2D eigenvalue weighted by Crippen LogP contribution is -2.45. The number of carbonyl (C=O) groups excluding carboxylic acids is 1. The Hall–Kier alpha value is -1.84. The number of hydrogen-bond donors (Lipinski definition) is 1. The summed E-state index contributed by atoms with van der Waals surface area (Å²) in [4.78, 5) is 14.8. The minimum atomic E-state index is -0.130. The number of nitrogens with one attached hydrogen (secondary N) is 1. The second-order valence-electron chi connectivity index (χ2n) is 6.33. The van der Waals surface area contributed by atoms with E-state index >= 15 is 0 Å². The SMILES string of the molecule is CC(NC1CC1)C(=O)N(Cc1ccccc1)Cc1ccccc1.Cl. The third-order valence-electron chi connectivity index (χ3n) is 4.18. The number of rotatable bonds is 7. The third kappa shape index (κ3) is 5.36. The van der Waals surface area contributed by atoms with Crippen LogP contribution in [0.15, 0.2) is 60.7 Å². The maximum atomic E-state index is 12.9. The molecule has 1 aliphatic rings. The Labute approximate surface area is 150 Å². The fourth-order valence-electron chi connectivity index (χ4n) is 2.77. The van der Waals surface area contributed by atoms with Gasteiger partial charge in [-0.25, -0.2) is 0 Å². The highest BCUT2D eigenvalue weighted by Crippen LogP contribution is 2.20. The van der Waals surface area contributed by atoms with Crippen LogP contribution in [0.1, 0.15) is 30.9 Å². The molecule has 4 heteroatoms. The molecular formula is C20H25ClN2O. The molecule has 1 amide bonds. The topological polar surface area (TPSA) is 32.3 Å². The number of halogens is 1. The fraction of sp³-hybridized carbons (Fsp3) is 0.350. The first-order chi connectivity index (χ1) is 11.2. The Kier molecular flexibility index (Phi) is 6.83.